The van der Waals surface area contributed by atoms with Crippen LogP contribution < -0.4 is 0 Å². The maximum Gasteiger partial charge on any atom is 0.410 e. The molecule has 0 spiro atoms. The number of carbonyl (C=O) groups excluding carboxylic acids is 1. The Kier molecular flexibility index (Phi) is 5.41. The molecule has 2 atom stereocenters. The molecule has 130 valence electrons. The Morgan fingerprint density at radius 2 is 2.17 bits per heavy atom. The van der Waals surface area contributed by atoms with Gasteiger partial charge in [0.15, 0.2) is 0 Å². The topological polar surface area (TPSA) is 67.6 Å². The Hall–Kier alpha value is -1.08. The molecule has 2 rings (SSSR count). The lowest BCUT2D eigenvalue weighted by Crippen LogP contribution is -2.36. The van der Waals surface area contributed by atoms with Gasteiger partial charge in [0.25, 0.3) is 0 Å². The number of rotatable bonds is 3. The van der Waals surface area contributed by atoms with Gasteiger partial charge in [-0.15, -0.1) is 0 Å². The van der Waals surface area contributed by atoms with Gasteiger partial charge in [0.2, 0.25) is 0 Å². The number of hydrogen-bond donors (Lipinski definition) is 1. The summed E-state index contributed by atoms with van der Waals surface area (Å²) in [6.07, 6.45) is 0.498. The van der Waals surface area contributed by atoms with Crippen LogP contribution in [0.3, 0.4) is 0 Å². The van der Waals surface area contributed by atoms with Crippen molar-refractivity contribution in [2.45, 2.75) is 52.2 Å². The van der Waals surface area contributed by atoms with E-state index in [9.17, 15) is 9.90 Å². The highest BCUT2D eigenvalue weighted by Crippen LogP contribution is 2.27. The summed E-state index contributed by atoms with van der Waals surface area (Å²) in [5.41, 5.74) is 1.40. The van der Waals surface area contributed by atoms with Gasteiger partial charge in [0.1, 0.15) is 5.60 Å². The Bertz CT molecular complexity index is 580. The fourth-order valence-corrected chi connectivity index (χ4v) is 3.36. The summed E-state index contributed by atoms with van der Waals surface area (Å²) >= 11 is 3.53. The average Bonchev–Trinajstić information content (AvgIpc) is 2.98. The number of ether oxygens (including phenoxy) is 1. The number of aryl methyl sites for hydroxylation is 2. The maximum atomic E-state index is 12.1. The molecule has 1 aromatic rings. The van der Waals surface area contributed by atoms with E-state index in [4.69, 9.17) is 4.74 Å². The first-order chi connectivity index (χ1) is 10.6. The lowest BCUT2D eigenvalue weighted by Gasteiger charge is -2.25. The van der Waals surface area contributed by atoms with Gasteiger partial charge < -0.3 is 14.7 Å². The molecule has 1 aromatic heterocycles. The summed E-state index contributed by atoms with van der Waals surface area (Å²) in [4.78, 5) is 13.8. The minimum Gasteiger partial charge on any atom is -0.444 e. The Morgan fingerprint density at radius 3 is 2.70 bits per heavy atom. The van der Waals surface area contributed by atoms with Gasteiger partial charge in [0, 0.05) is 32.5 Å². The minimum atomic E-state index is -0.506. The molecule has 1 aliphatic rings. The zero-order chi connectivity index (χ0) is 17.4. The van der Waals surface area contributed by atoms with Crippen LogP contribution in [-0.4, -0.2) is 50.7 Å². The van der Waals surface area contributed by atoms with E-state index in [1.165, 1.54) is 0 Å². The van der Waals surface area contributed by atoms with Crippen LogP contribution in [0.5, 0.6) is 0 Å². The SMILES string of the molecule is Cc1nn(C)c(CC(O)C2CCN(C(=O)OC(C)(C)C)C2)c1Br. The number of hydrogen-bond acceptors (Lipinski definition) is 4. The van der Waals surface area contributed by atoms with Crippen molar-refractivity contribution in [2.75, 3.05) is 13.1 Å². The molecular weight excluding hydrogens is 362 g/mol. The fourth-order valence-electron chi connectivity index (χ4n) is 2.86. The van der Waals surface area contributed by atoms with Gasteiger partial charge in [-0.2, -0.15) is 5.10 Å². The second-order valence-electron chi connectivity index (χ2n) is 7.22. The third-order valence-electron chi connectivity index (χ3n) is 4.08. The Labute approximate surface area is 145 Å². The number of aromatic nitrogens is 2. The smallest absolute Gasteiger partial charge is 0.410 e. The van der Waals surface area contributed by atoms with Crippen molar-refractivity contribution in [1.82, 2.24) is 14.7 Å². The number of nitrogens with zero attached hydrogens (tertiary/aromatic N) is 3. The number of halogens is 1. The van der Waals surface area contributed by atoms with Crippen molar-refractivity contribution in [3.63, 3.8) is 0 Å². The molecule has 2 heterocycles. The first-order valence-electron chi connectivity index (χ1n) is 7.92. The number of likely N-dealkylation sites (tertiary alicyclic amines) is 1. The van der Waals surface area contributed by atoms with Crippen LogP contribution in [0.25, 0.3) is 0 Å². The highest BCUT2D eigenvalue weighted by atomic mass is 79.9. The molecule has 6 nitrogen and oxygen atoms in total. The van der Waals surface area contributed by atoms with E-state index in [0.717, 1.165) is 22.3 Å². The highest BCUT2D eigenvalue weighted by molar-refractivity contribution is 9.10. The third-order valence-corrected chi connectivity index (χ3v) is 5.12. The molecule has 1 aliphatic heterocycles. The minimum absolute atomic E-state index is 0.0598. The van der Waals surface area contributed by atoms with Crippen LogP contribution >= 0.6 is 15.9 Å². The highest BCUT2D eigenvalue weighted by Gasteiger charge is 2.34. The molecular formula is C16H26BrN3O3. The lowest BCUT2D eigenvalue weighted by atomic mass is 9.97. The molecule has 1 N–H and O–H groups in total. The van der Waals surface area contributed by atoms with Crippen LogP contribution in [0, 0.1) is 12.8 Å². The molecule has 1 fully saturated rings. The van der Waals surface area contributed by atoms with Crippen molar-refractivity contribution in [1.29, 1.82) is 0 Å². The summed E-state index contributed by atoms with van der Waals surface area (Å²) in [6, 6.07) is 0. The van der Waals surface area contributed by atoms with E-state index >= 15 is 0 Å². The molecule has 1 saturated heterocycles. The summed E-state index contributed by atoms with van der Waals surface area (Å²) < 4.78 is 8.13. The van der Waals surface area contributed by atoms with Crippen molar-refractivity contribution >= 4 is 22.0 Å². The monoisotopic (exact) mass is 387 g/mol. The molecule has 0 radical (unpaired) electrons. The Balaban J connectivity index is 1.95. The van der Waals surface area contributed by atoms with Crippen LogP contribution in [-0.2, 0) is 18.2 Å². The molecule has 0 saturated carbocycles. The summed E-state index contributed by atoms with van der Waals surface area (Å²) in [6.45, 7) is 8.66. The van der Waals surface area contributed by atoms with Crippen LogP contribution in [0.15, 0.2) is 4.47 Å². The number of amides is 1. The van der Waals surface area contributed by atoms with Crippen molar-refractivity contribution in [3.8, 4) is 0 Å². The predicted octanol–water partition coefficient (Wildman–Crippen LogP) is 2.65. The van der Waals surface area contributed by atoms with E-state index in [-0.39, 0.29) is 12.0 Å². The third kappa shape index (κ3) is 4.47. The molecule has 1 amide bonds. The van der Waals surface area contributed by atoms with Gasteiger partial charge in [-0.3, -0.25) is 4.68 Å². The lowest BCUT2D eigenvalue weighted by molar-refractivity contribution is 0.0268. The van der Waals surface area contributed by atoms with E-state index in [1.54, 1.807) is 9.58 Å². The Morgan fingerprint density at radius 1 is 1.52 bits per heavy atom. The van der Waals surface area contributed by atoms with E-state index in [2.05, 4.69) is 21.0 Å². The van der Waals surface area contributed by atoms with Gasteiger partial charge in [-0.25, -0.2) is 4.79 Å². The average molecular weight is 388 g/mol. The summed E-state index contributed by atoms with van der Waals surface area (Å²) in [5, 5.41) is 14.9. The zero-order valence-corrected chi connectivity index (χ0v) is 16.1. The van der Waals surface area contributed by atoms with E-state index in [0.29, 0.717) is 19.5 Å². The number of aliphatic hydroxyl groups excluding tert-OH is 1. The quantitative estimate of drug-likeness (QED) is 0.865. The number of aliphatic hydroxyl groups is 1. The van der Waals surface area contributed by atoms with E-state index < -0.39 is 11.7 Å². The molecule has 0 bridgehead atoms. The van der Waals surface area contributed by atoms with Crippen LogP contribution in [0.4, 0.5) is 4.79 Å². The van der Waals surface area contributed by atoms with Crippen molar-refractivity contribution < 1.29 is 14.6 Å². The van der Waals surface area contributed by atoms with Crippen molar-refractivity contribution in [3.05, 3.63) is 15.9 Å². The molecule has 0 aliphatic carbocycles. The molecule has 2 unspecified atom stereocenters. The van der Waals surface area contributed by atoms with Crippen molar-refractivity contribution in [2.24, 2.45) is 13.0 Å². The van der Waals surface area contributed by atoms with E-state index in [1.807, 2.05) is 34.7 Å². The van der Waals surface area contributed by atoms with Gasteiger partial charge in [-0.1, -0.05) is 0 Å². The van der Waals surface area contributed by atoms with Gasteiger partial charge in [-0.05, 0) is 50.0 Å². The van der Waals surface area contributed by atoms with Crippen LogP contribution in [0.2, 0.25) is 0 Å². The second-order valence-corrected chi connectivity index (χ2v) is 8.01. The van der Waals surface area contributed by atoms with Gasteiger partial charge >= 0.3 is 6.09 Å². The standard InChI is InChI=1S/C16H26BrN3O3/c1-10-14(17)12(19(5)18-10)8-13(21)11-6-7-20(9-11)15(22)23-16(2,3)4/h11,13,21H,6-9H2,1-5H3. The predicted molar refractivity (Wildman–Crippen MR) is 91.3 cm³/mol. The first-order valence-corrected chi connectivity index (χ1v) is 8.71. The molecule has 23 heavy (non-hydrogen) atoms. The fraction of sp³-hybridized carbons (Fsp3) is 0.750. The summed E-state index contributed by atoms with van der Waals surface area (Å²) in [5.74, 6) is 0.0598. The second kappa shape index (κ2) is 6.81. The maximum absolute atomic E-state index is 12.1. The number of carbonyl (C=O) groups is 1. The summed E-state index contributed by atoms with van der Waals surface area (Å²) in [7, 11) is 1.88. The zero-order valence-electron chi connectivity index (χ0n) is 14.5. The molecule has 7 heteroatoms. The molecule has 0 aromatic carbocycles. The first kappa shape index (κ1) is 18.3. The van der Waals surface area contributed by atoms with Gasteiger partial charge in [0.05, 0.1) is 22.0 Å². The largest absolute Gasteiger partial charge is 0.444 e. The van der Waals surface area contributed by atoms with Crippen LogP contribution in [0.1, 0.15) is 38.6 Å². The normalized spacial score (nSPS) is 20.0.